The molecule has 1 aliphatic rings. The first-order valence-electron chi connectivity index (χ1n) is 11.5. The van der Waals surface area contributed by atoms with E-state index >= 15 is 0 Å². The van der Waals surface area contributed by atoms with Crippen molar-refractivity contribution in [3.05, 3.63) is 132 Å². The van der Waals surface area contributed by atoms with Crippen molar-refractivity contribution in [2.45, 2.75) is 0 Å². The maximum atomic E-state index is 13.2. The average molecular weight is 453 g/mol. The summed E-state index contributed by atoms with van der Waals surface area (Å²) >= 11 is 0. The van der Waals surface area contributed by atoms with Crippen molar-refractivity contribution in [2.75, 3.05) is 0 Å². The van der Waals surface area contributed by atoms with E-state index in [-0.39, 0.29) is 0 Å². The predicted molar refractivity (Wildman–Crippen MR) is 138 cm³/mol. The zero-order valence-electron chi connectivity index (χ0n) is 18.8. The minimum Gasteiger partial charge on any atom is -0.386 e. The molecule has 1 heterocycles. The Kier molecular flexibility index (Phi) is 5.08. The summed E-state index contributed by atoms with van der Waals surface area (Å²) < 4.78 is 5.26. The largest absolute Gasteiger partial charge is 0.386 e. The fraction of sp³-hybridized carbons (Fsp3) is 0. The van der Waals surface area contributed by atoms with Crippen molar-refractivity contribution in [1.29, 1.82) is 0 Å². The Morgan fingerprint density at radius 2 is 0.543 bits per heavy atom. The second-order valence-electron chi connectivity index (χ2n) is 8.39. The van der Waals surface area contributed by atoms with Crippen molar-refractivity contribution in [1.82, 2.24) is 0 Å². The first-order valence-corrected chi connectivity index (χ1v) is 11.5. The van der Waals surface area contributed by atoms with Crippen LogP contribution < -0.4 is 0 Å². The van der Waals surface area contributed by atoms with Crippen molar-refractivity contribution in [3.63, 3.8) is 0 Å². The van der Waals surface area contributed by atoms with E-state index in [9.17, 15) is 9.59 Å². The van der Waals surface area contributed by atoms with E-state index in [2.05, 4.69) is 0 Å². The molecule has 0 saturated carbocycles. The molecule has 0 amide bonds. The fourth-order valence-corrected chi connectivity index (χ4v) is 4.92. The van der Waals surface area contributed by atoms with Gasteiger partial charge in [0.05, 0.1) is 11.1 Å². The van der Waals surface area contributed by atoms with E-state index in [0.717, 1.165) is 33.4 Å². The Morgan fingerprint density at radius 1 is 0.314 bits per heavy atom. The lowest BCUT2D eigenvalue weighted by molar-refractivity contribution is 0.0444. The Labute approximate surface area is 203 Å². The van der Waals surface area contributed by atoms with Crippen LogP contribution in [0.4, 0.5) is 0 Å². The molecule has 5 aromatic rings. The number of cyclic esters (lactones) is 2. The third-order valence-corrected chi connectivity index (χ3v) is 6.34. The van der Waals surface area contributed by atoms with E-state index in [1.807, 2.05) is 121 Å². The smallest absolute Gasteiger partial charge is 0.347 e. The first-order chi connectivity index (χ1) is 17.2. The highest BCUT2D eigenvalue weighted by Gasteiger charge is 2.39. The van der Waals surface area contributed by atoms with Gasteiger partial charge in [-0.2, -0.15) is 0 Å². The van der Waals surface area contributed by atoms with Crippen molar-refractivity contribution >= 4 is 11.9 Å². The van der Waals surface area contributed by atoms with E-state index in [1.54, 1.807) is 0 Å². The maximum absolute atomic E-state index is 13.2. The van der Waals surface area contributed by atoms with Crippen LogP contribution in [-0.2, 0) is 4.74 Å². The molecule has 3 heteroatoms. The quantitative estimate of drug-likeness (QED) is 0.208. The lowest BCUT2D eigenvalue weighted by Crippen LogP contribution is -2.05. The monoisotopic (exact) mass is 452 g/mol. The predicted octanol–water partition coefficient (Wildman–Crippen LogP) is 7.67. The molecule has 0 aliphatic carbocycles. The van der Waals surface area contributed by atoms with Crippen LogP contribution in [0, 0.1) is 0 Å². The van der Waals surface area contributed by atoms with Crippen LogP contribution in [0.15, 0.2) is 121 Å². The van der Waals surface area contributed by atoms with Crippen LogP contribution in [0.3, 0.4) is 0 Å². The van der Waals surface area contributed by atoms with Gasteiger partial charge in [0.1, 0.15) is 0 Å². The molecule has 0 bridgehead atoms. The number of fused-ring (bicyclic) bond motifs is 1. The van der Waals surface area contributed by atoms with Crippen molar-refractivity contribution in [3.8, 4) is 44.5 Å². The lowest BCUT2D eigenvalue weighted by Gasteiger charge is -2.23. The van der Waals surface area contributed by atoms with Gasteiger partial charge < -0.3 is 4.74 Å². The third-order valence-electron chi connectivity index (χ3n) is 6.34. The molecule has 0 saturated heterocycles. The van der Waals surface area contributed by atoms with Crippen LogP contribution >= 0.6 is 0 Å². The Bertz CT molecular complexity index is 1440. The van der Waals surface area contributed by atoms with E-state index in [0.29, 0.717) is 22.3 Å². The van der Waals surface area contributed by atoms with Crippen LogP contribution in [0.2, 0.25) is 0 Å². The van der Waals surface area contributed by atoms with Gasteiger partial charge in [-0.3, -0.25) is 0 Å². The van der Waals surface area contributed by atoms with Gasteiger partial charge in [0, 0.05) is 11.1 Å². The SMILES string of the molecule is O=C1OC(=O)c2c1c(-c1ccccc1)c(-c1ccccc1)c(-c1ccccc1)c2-c1ccccc1. The zero-order valence-corrected chi connectivity index (χ0v) is 18.8. The molecule has 0 fully saturated rings. The number of carbonyl (C=O) groups is 2. The first kappa shape index (κ1) is 20.8. The van der Waals surface area contributed by atoms with Crippen molar-refractivity contribution < 1.29 is 14.3 Å². The van der Waals surface area contributed by atoms with Gasteiger partial charge in [0.15, 0.2) is 0 Å². The summed E-state index contributed by atoms with van der Waals surface area (Å²) in [5, 5.41) is 0. The van der Waals surface area contributed by atoms with Crippen LogP contribution in [0.25, 0.3) is 44.5 Å². The number of ether oxygens (including phenoxy) is 1. The zero-order chi connectivity index (χ0) is 23.8. The standard InChI is InChI=1S/C32H20O3/c33-31-29-27(23-17-9-3-10-18-23)25(21-13-5-1-6-14-21)26(22-15-7-2-8-16-22)28(30(29)32(34)35-31)24-19-11-4-12-20-24/h1-20H. The Balaban J connectivity index is 1.90. The molecule has 1 aliphatic heterocycles. The van der Waals surface area contributed by atoms with E-state index in [4.69, 9.17) is 4.74 Å². The Hall–Kier alpha value is -4.76. The number of benzene rings is 5. The van der Waals surface area contributed by atoms with Gasteiger partial charge in [-0.15, -0.1) is 0 Å². The minimum absolute atomic E-state index is 0.318. The van der Waals surface area contributed by atoms with Crippen LogP contribution in [0.5, 0.6) is 0 Å². The lowest BCUT2D eigenvalue weighted by atomic mass is 9.78. The number of carbonyl (C=O) groups excluding carboxylic acids is 2. The van der Waals surface area contributed by atoms with Gasteiger partial charge in [0.25, 0.3) is 0 Å². The summed E-state index contributed by atoms with van der Waals surface area (Å²) in [6, 6.07) is 39.5. The topological polar surface area (TPSA) is 43.4 Å². The molecule has 5 aromatic carbocycles. The highest BCUT2D eigenvalue weighted by atomic mass is 16.6. The van der Waals surface area contributed by atoms with E-state index in [1.165, 1.54) is 0 Å². The molecule has 0 N–H and O–H groups in total. The molecule has 0 radical (unpaired) electrons. The molecule has 0 unspecified atom stereocenters. The highest BCUT2D eigenvalue weighted by Crippen LogP contribution is 2.51. The molecular formula is C32H20O3. The molecule has 0 aromatic heterocycles. The average Bonchev–Trinajstić information content (AvgIpc) is 3.22. The van der Waals surface area contributed by atoms with Crippen LogP contribution in [0.1, 0.15) is 20.7 Å². The molecule has 3 nitrogen and oxygen atoms in total. The maximum Gasteiger partial charge on any atom is 0.347 e. The highest BCUT2D eigenvalue weighted by molar-refractivity contribution is 6.25. The molecule has 35 heavy (non-hydrogen) atoms. The molecule has 0 atom stereocenters. The minimum atomic E-state index is -0.613. The molecule has 6 rings (SSSR count). The van der Waals surface area contributed by atoms with Crippen molar-refractivity contribution in [2.24, 2.45) is 0 Å². The second kappa shape index (κ2) is 8.54. The summed E-state index contributed by atoms with van der Waals surface area (Å²) in [5.74, 6) is -1.23. The molecule has 166 valence electrons. The summed E-state index contributed by atoms with van der Waals surface area (Å²) in [5.41, 5.74) is 7.46. The Morgan fingerprint density at radius 3 is 0.800 bits per heavy atom. The number of esters is 2. The van der Waals surface area contributed by atoms with E-state index < -0.39 is 11.9 Å². The number of hydrogen-bond donors (Lipinski definition) is 0. The van der Waals surface area contributed by atoms with Gasteiger partial charge in [-0.05, 0) is 33.4 Å². The summed E-state index contributed by atoms with van der Waals surface area (Å²) in [7, 11) is 0. The molecular weight excluding hydrogens is 432 g/mol. The van der Waals surface area contributed by atoms with Gasteiger partial charge in [-0.25, -0.2) is 9.59 Å². The fourth-order valence-electron chi connectivity index (χ4n) is 4.92. The van der Waals surface area contributed by atoms with Gasteiger partial charge in [0.2, 0.25) is 0 Å². The third kappa shape index (κ3) is 3.46. The van der Waals surface area contributed by atoms with Crippen LogP contribution in [-0.4, -0.2) is 11.9 Å². The van der Waals surface area contributed by atoms with Gasteiger partial charge >= 0.3 is 11.9 Å². The number of rotatable bonds is 4. The van der Waals surface area contributed by atoms with Gasteiger partial charge in [-0.1, -0.05) is 121 Å². The normalized spacial score (nSPS) is 12.3. The summed E-state index contributed by atoms with van der Waals surface area (Å²) in [6.07, 6.45) is 0. The molecule has 0 spiro atoms. The summed E-state index contributed by atoms with van der Waals surface area (Å²) in [4.78, 5) is 26.5. The second-order valence-corrected chi connectivity index (χ2v) is 8.39. The number of hydrogen-bond acceptors (Lipinski definition) is 3. The summed E-state index contributed by atoms with van der Waals surface area (Å²) in [6.45, 7) is 0.